The molecule has 2 N–H and O–H groups in total. The molecule has 2 atom stereocenters. The number of amides is 2. The van der Waals surface area contributed by atoms with Gasteiger partial charge in [0.15, 0.2) is 0 Å². The molecule has 0 aromatic heterocycles. The molecule has 1 spiro atoms. The van der Waals surface area contributed by atoms with Gasteiger partial charge in [-0.2, -0.15) is 0 Å². The van der Waals surface area contributed by atoms with E-state index in [0.29, 0.717) is 6.54 Å². The lowest BCUT2D eigenvalue weighted by atomic mass is 9.78. The van der Waals surface area contributed by atoms with Gasteiger partial charge in [-0.1, -0.05) is 19.3 Å². The van der Waals surface area contributed by atoms with Crippen molar-refractivity contribution >= 4 is 6.03 Å². The zero-order chi connectivity index (χ0) is 16.2. The van der Waals surface area contributed by atoms with E-state index in [4.69, 9.17) is 4.74 Å². The molecule has 128 valence electrons. The number of ether oxygens (including phenoxy) is 1. The van der Waals surface area contributed by atoms with E-state index in [9.17, 15) is 9.90 Å². The van der Waals surface area contributed by atoms with Crippen LogP contribution in [0.3, 0.4) is 0 Å². The summed E-state index contributed by atoms with van der Waals surface area (Å²) in [6.07, 6.45) is 7.33. The Bertz CT molecular complexity index is 359. The van der Waals surface area contributed by atoms with E-state index in [1.54, 1.807) is 11.8 Å². The second kappa shape index (κ2) is 7.64. The third-order valence-corrected chi connectivity index (χ3v) is 4.93. The summed E-state index contributed by atoms with van der Waals surface area (Å²) in [7, 11) is 0. The summed E-state index contributed by atoms with van der Waals surface area (Å²) in [5.41, 5.74) is 0.00137. The Hall–Kier alpha value is -0.810. The number of nitrogens with zero attached hydrogens (tertiary/aromatic N) is 1. The fourth-order valence-corrected chi connectivity index (χ4v) is 3.77. The molecule has 1 aliphatic heterocycles. The Morgan fingerprint density at radius 3 is 2.59 bits per heavy atom. The number of hydrogen-bond donors (Lipinski definition) is 2. The Morgan fingerprint density at radius 2 is 2.00 bits per heavy atom. The van der Waals surface area contributed by atoms with Crippen molar-refractivity contribution in [2.24, 2.45) is 0 Å². The molecule has 0 bridgehead atoms. The van der Waals surface area contributed by atoms with Crippen LogP contribution in [0.1, 0.15) is 65.7 Å². The van der Waals surface area contributed by atoms with Gasteiger partial charge in [-0.3, -0.25) is 0 Å². The first-order valence-corrected chi connectivity index (χ1v) is 8.81. The molecule has 1 heterocycles. The Morgan fingerprint density at radius 1 is 1.32 bits per heavy atom. The number of rotatable bonds is 4. The maximum Gasteiger partial charge on any atom is 0.317 e. The van der Waals surface area contributed by atoms with Crippen LogP contribution in [0.25, 0.3) is 0 Å². The van der Waals surface area contributed by atoms with Crippen molar-refractivity contribution < 1.29 is 14.6 Å². The minimum absolute atomic E-state index is 0.00137. The van der Waals surface area contributed by atoms with Gasteiger partial charge in [0.05, 0.1) is 11.7 Å². The molecule has 2 unspecified atom stereocenters. The van der Waals surface area contributed by atoms with Crippen molar-refractivity contribution in [1.82, 2.24) is 10.2 Å². The maximum absolute atomic E-state index is 12.5. The first kappa shape index (κ1) is 17.5. The molecule has 2 rings (SSSR count). The average Bonchev–Trinajstić information content (AvgIpc) is 2.45. The summed E-state index contributed by atoms with van der Waals surface area (Å²) in [6.45, 7) is 6.79. The van der Waals surface area contributed by atoms with Gasteiger partial charge < -0.3 is 20.1 Å². The molecule has 1 aliphatic carbocycles. The van der Waals surface area contributed by atoms with Gasteiger partial charge in [-0.25, -0.2) is 4.79 Å². The van der Waals surface area contributed by atoms with Crippen LogP contribution >= 0.6 is 0 Å². The Kier molecular flexibility index (Phi) is 6.09. The fourth-order valence-electron chi connectivity index (χ4n) is 3.77. The Balaban J connectivity index is 1.92. The van der Waals surface area contributed by atoms with Crippen LogP contribution < -0.4 is 5.32 Å². The largest absolute Gasteiger partial charge is 0.392 e. The van der Waals surface area contributed by atoms with E-state index in [1.165, 1.54) is 19.3 Å². The number of aliphatic hydroxyl groups is 1. The third-order valence-electron chi connectivity index (χ3n) is 4.93. The van der Waals surface area contributed by atoms with Gasteiger partial charge >= 0.3 is 6.03 Å². The molecule has 0 radical (unpaired) electrons. The number of carbonyl (C=O) groups is 1. The SMILES string of the molecule is CC(O)CN(C(=O)NC1CCOC2(CCCCC2)C1)C(C)C. The minimum Gasteiger partial charge on any atom is -0.392 e. The van der Waals surface area contributed by atoms with E-state index < -0.39 is 6.10 Å². The molecule has 0 aromatic rings. The molecule has 2 aliphatic rings. The average molecular weight is 312 g/mol. The highest BCUT2D eigenvalue weighted by atomic mass is 16.5. The van der Waals surface area contributed by atoms with Gasteiger partial charge in [0.1, 0.15) is 0 Å². The van der Waals surface area contributed by atoms with E-state index in [2.05, 4.69) is 5.32 Å². The summed E-state index contributed by atoms with van der Waals surface area (Å²) < 4.78 is 6.09. The highest BCUT2D eigenvalue weighted by Crippen LogP contribution is 2.38. The summed E-state index contributed by atoms with van der Waals surface area (Å²) in [4.78, 5) is 14.2. The molecule has 1 saturated carbocycles. The van der Waals surface area contributed by atoms with Crippen LogP contribution in [0.5, 0.6) is 0 Å². The first-order chi connectivity index (χ1) is 10.4. The fraction of sp³-hybridized carbons (Fsp3) is 0.941. The third kappa shape index (κ3) is 4.59. The van der Waals surface area contributed by atoms with Crippen LogP contribution in [0.2, 0.25) is 0 Å². The van der Waals surface area contributed by atoms with Gasteiger partial charge in [0.25, 0.3) is 0 Å². The molecular formula is C17H32N2O3. The summed E-state index contributed by atoms with van der Waals surface area (Å²) >= 11 is 0. The van der Waals surface area contributed by atoms with Crippen molar-refractivity contribution in [2.45, 2.75) is 89.5 Å². The highest BCUT2D eigenvalue weighted by Gasteiger charge is 2.39. The predicted octanol–water partition coefficient (Wildman–Crippen LogP) is 2.67. The summed E-state index contributed by atoms with van der Waals surface area (Å²) in [5.74, 6) is 0. The molecule has 5 heteroatoms. The monoisotopic (exact) mass is 312 g/mol. The van der Waals surface area contributed by atoms with Gasteiger partial charge in [0, 0.05) is 25.2 Å². The van der Waals surface area contributed by atoms with E-state index >= 15 is 0 Å². The van der Waals surface area contributed by atoms with Crippen LogP contribution in [0.15, 0.2) is 0 Å². The van der Waals surface area contributed by atoms with Gasteiger partial charge in [-0.05, 0) is 46.5 Å². The molecule has 0 aromatic carbocycles. The van der Waals surface area contributed by atoms with Crippen molar-refractivity contribution in [2.75, 3.05) is 13.2 Å². The number of nitrogens with one attached hydrogen (secondary N) is 1. The van der Waals surface area contributed by atoms with Crippen LogP contribution in [-0.4, -0.2) is 53.0 Å². The minimum atomic E-state index is -0.507. The molecule has 2 amide bonds. The van der Waals surface area contributed by atoms with Crippen LogP contribution in [0, 0.1) is 0 Å². The van der Waals surface area contributed by atoms with Gasteiger partial charge in [-0.15, -0.1) is 0 Å². The number of carbonyl (C=O) groups excluding carboxylic acids is 1. The Labute approximate surface area is 134 Å². The van der Waals surface area contributed by atoms with E-state index in [-0.39, 0.29) is 23.7 Å². The van der Waals surface area contributed by atoms with Crippen molar-refractivity contribution in [3.8, 4) is 0 Å². The second-order valence-electron chi connectivity index (χ2n) is 7.33. The van der Waals surface area contributed by atoms with E-state index in [1.807, 2.05) is 13.8 Å². The quantitative estimate of drug-likeness (QED) is 0.839. The van der Waals surface area contributed by atoms with Gasteiger partial charge in [0.2, 0.25) is 0 Å². The summed E-state index contributed by atoms with van der Waals surface area (Å²) in [6, 6.07) is 0.210. The van der Waals surface area contributed by atoms with Crippen molar-refractivity contribution in [3.05, 3.63) is 0 Å². The first-order valence-electron chi connectivity index (χ1n) is 8.81. The molecule has 5 nitrogen and oxygen atoms in total. The smallest absolute Gasteiger partial charge is 0.317 e. The lowest BCUT2D eigenvalue weighted by molar-refractivity contribution is -0.108. The standard InChI is InChI=1S/C17H32N2O3/c1-13(2)19(12-14(3)20)16(21)18-15-7-10-22-17(11-15)8-5-4-6-9-17/h13-15,20H,4-12H2,1-3H3,(H,18,21). The normalized spacial score (nSPS) is 26.0. The van der Waals surface area contributed by atoms with Crippen LogP contribution in [-0.2, 0) is 4.74 Å². The second-order valence-corrected chi connectivity index (χ2v) is 7.33. The number of aliphatic hydroxyl groups excluding tert-OH is 1. The molecule has 2 fully saturated rings. The van der Waals surface area contributed by atoms with Crippen LogP contribution in [0.4, 0.5) is 4.79 Å². The number of urea groups is 1. The maximum atomic E-state index is 12.5. The summed E-state index contributed by atoms with van der Waals surface area (Å²) in [5, 5.41) is 12.8. The van der Waals surface area contributed by atoms with Crippen molar-refractivity contribution in [1.29, 1.82) is 0 Å². The molecular weight excluding hydrogens is 280 g/mol. The zero-order valence-electron chi connectivity index (χ0n) is 14.3. The molecule has 1 saturated heterocycles. The topological polar surface area (TPSA) is 61.8 Å². The highest BCUT2D eigenvalue weighted by molar-refractivity contribution is 5.74. The number of hydrogen-bond acceptors (Lipinski definition) is 3. The lowest BCUT2D eigenvalue weighted by Gasteiger charge is -2.44. The van der Waals surface area contributed by atoms with Crippen molar-refractivity contribution in [3.63, 3.8) is 0 Å². The zero-order valence-corrected chi connectivity index (χ0v) is 14.3. The lowest BCUT2D eigenvalue weighted by Crippen LogP contribution is -2.54. The predicted molar refractivity (Wildman–Crippen MR) is 86.8 cm³/mol. The van der Waals surface area contributed by atoms with E-state index in [0.717, 1.165) is 32.3 Å². The molecule has 22 heavy (non-hydrogen) atoms.